The molecule has 0 bridgehead atoms. The summed E-state index contributed by atoms with van der Waals surface area (Å²) in [5.41, 5.74) is 2.85. The number of thioether (sulfide) groups is 1. The lowest BCUT2D eigenvalue weighted by Crippen LogP contribution is -2.23. The zero-order valence-electron chi connectivity index (χ0n) is 15.4. The zero-order valence-corrected chi connectivity index (χ0v) is 17.0. The number of benzene rings is 2. The Morgan fingerprint density at radius 3 is 2.67 bits per heavy atom. The second-order valence-corrected chi connectivity index (χ2v) is 8.05. The summed E-state index contributed by atoms with van der Waals surface area (Å²) in [6.07, 6.45) is 0. The van der Waals surface area contributed by atoms with E-state index >= 15 is 0 Å². The van der Waals surface area contributed by atoms with Gasteiger partial charge < -0.3 is 9.88 Å². The van der Waals surface area contributed by atoms with Crippen LogP contribution in [0.1, 0.15) is 23.9 Å². The third kappa shape index (κ3) is 4.90. The fourth-order valence-corrected chi connectivity index (χ4v) is 3.64. The minimum atomic E-state index is -0.332. The van der Waals surface area contributed by atoms with Gasteiger partial charge >= 0.3 is 0 Å². The molecule has 1 amide bonds. The van der Waals surface area contributed by atoms with Gasteiger partial charge in [0.2, 0.25) is 5.91 Å². The summed E-state index contributed by atoms with van der Waals surface area (Å²) >= 11 is 7.42. The van der Waals surface area contributed by atoms with E-state index in [4.69, 9.17) is 11.6 Å². The van der Waals surface area contributed by atoms with Gasteiger partial charge in [-0.15, -0.1) is 10.2 Å². The van der Waals surface area contributed by atoms with Crippen LogP contribution in [0.2, 0.25) is 5.02 Å². The number of halogens is 1. The highest BCUT2D eigenvalue weighted by Gasteiger charge is 2.20. The first-order valence-electron chi connectivity index (χ1n) is 8.61. The number of anilines is 1. The summed E-state index contributed by atoms with van der Waals surface area (Å²) in [4.78, 5) is 12.6. The van der Waals surface area contributed by atoms with Gasteiger partial charge in [-0.25, -0.2) is 0 Å². The van der Waals surface area contributed by atoms with E-state index in [0.29, 0.717) is 11.6 Å². The molecule has 0 aliphatic rings. The molecule has 0 unspecified atom stereocenters. The topological polar surface area (TPSA) is 59.8 Å². The Balaban J connectivity index is 1.71. The molecule has 1 atom stereocenters. The summed E-state index contributed by atoms with van der Waals surface area (Å²) < 4.78 is 2.02. The number of aromatic nitrogens is 3. The summed E-state index contributed by atoms with van der Waals surface area (Å²) in [6, 6.07) is 15.6. The van der Waals surface area contributed by atoms with Gasteiger partial charge in [0.25, 0.3) is 0 Å². The molecule has 5 nitrogen and oxygen atoms in total. The van der Waals surface area contributed by atoms with Crippen LogP contribution in [0, 0.1) is 13.8 Å². The Kier molecular flexibility index (Phi) is 6.19. The normalized spacial score (nSPS) is 12.0. The number of nitrogens with one attached hydrogen (secondary N) is 1. The summed E-state index contributed by atoms with van der Waals surface area (Å²) in [5.74, 6) is 0.719. The molecule has 1 aromatic heterocycles. The summed E-state index contributed by atoms with van der Waals surface area (Å²) in [7, 11) is 0. The smallest absolute Gasteiger partial charge is 0.237 e. The Hall–Kier alpha value is -2.31. The van der Waals surface area contributed by atoms with Crippen molar-refractivity contribution in [1.29, 1.82) is 0 Å². The van der Waals surface area contributed by atoms with E-state index in [-0.39, 0.29) is 11.2 Å². The standard InChI is InChI=1S/C20H21ClN4OS/c1-13-9-10-17(21)11-18(13)22-19(26)14(2)27-20-24-23-15(3)25(20)12-16-7-5-4-6-8-16/h4-11,14H,12H2,1-3H3,(H,22,26)/t14-/m1/s1. The second kappa shape index (κ2) is 8.59. The number of amides is 1. The van der Waals surface area contributed by atoms with Gasteiger partial charge in [0, 0.05) is 10.7 Å². The number of carbonyl (C=O) groups excluding carboxylic acids is 1. The van der Waals surface area contributed by atoms with Gasteiger partial charge in [-0.2, -0.15) is 0 Å². The van der Waals surface area contributed by atoms with Gasteiger partial charge in [-0.3, -0.25) is 4.79 Å². The van der Waals surface area contributed by atoms with Crippen molar-refractivity contribution in [3.05, 3.63) is 70.5 Å². The molecular formula is C20H21ClN4OS. The molecule has 0 aliphatic carbocycles. The van der Waals surface area contributed by atoms with Crippen molar-refractivity contribution in [2.45, 2.75) is 37.7 Å². The van der Waals surface area contributed by atoms with E-state index in [9.17, 15) is 4.79 Å². The molecule has 3 rings (SSSR count). The maximum absolute atomic E-state index is 12.6. The quantitative estimate of drug-likeness (QED) is 0.608. The molecular weight excluding hydrogens is 380 g/mol. The van der Waals surface area contributed by atoms with Crippen LogP contribution in [0.4, 0.5) is 5.69 Å². The monoisotopic (exact) mass is 400 g/mol. The lowest BCUT2D eigenvalue weighted by atomic mass is 10.2. The van der Waals surface area contributed by atoms with E-state index in [0.717, 1.165) is 27.8 Å². The molecule has 0 saturated heterocycles. The first-order chi connectivity index (χ1) is 12.9. The fourth-order valence-electron chi connectivity index (χ4n) is 2.57. The summed E-state index contributed by atoms with van der Waals surface area (Å²) in [5, 5.41) is 12.4. The number of hydrogen-bond donors (Lipinski definition) is 1. The predicted octanol–water partition coefficient (Wildman–Crippen LogP) is 4.72. The van der Waals surface area contributed by atoms with E-state index in [1.54, 1.807) is 12.1 Å². The van der Waals surface area contributed by atoms with Crippen LogP contribution in [-0.4, -0.2) is 25.9 Å². The van der Waals surface area contributed by atoms with Crippen molar-refractivity contribution in [2.75, 3.05) is 5.32 Å². The van der Waals surface area contributed by atoms with Crippen molar-refractivity contribution < 1.29 is 4.79 Å². The molecule has 0 saturated carbocycles. The molecule has 140 valence electrons. The van der Waals surface area contributed by atoms with Gasteiger partial charge in [0.15, 0.2) is 5.16 Å². The number of nitrogens with zero attached hydrogens (tertiary/aromatic N) is 3. The first kappa shape index (κ1) is 19.5. The molecule has 7 heteroatoms. The molecule has 1 heterocycles. The van der Waals surface area contributed by atoms with Crippen LogP contribution in [-0.2, 0) is 11.3 Å². The Bertz CT molecular complexity index is 942. The maximum Gasteiger partial charge on any atom is 0.237 e. The molecule has 3 aromatic rings. The first-order valence-corrected chi connectivity index (χ1v) is 9.87. The Morgan fingerprint density at radius 2 is 1.93 bits per heavy atom. The molecule has 0 aliphatic heterocycles. The van der Waals surface area contributed by atoms with Gasteiger partial charge in [-0.05, 0) is 44.0 Å². The van der Waals surface area contributed by atoms with E-state index in [1.165, 1.54) is 11.8 Å². The highest BCUT2D eigenvalue weighted by Crippen LogP contribution is 2.26. The number of aryl methyl sites for hydroxylation is 2. The van der Waals surface area contributed by atoms with Gasteiger partial charge in [0.1, 0.15) is 5.82 Å². The van der Waals surface area contributed by atoms with E-state index < -0.39 is 0 Å². The predicted molar refractivity (Wildman–Crippen MR) is 110 cm³/mol. The van der Waals surface area contributed by atoms with Crippen LogP contribution in [0.25, 0.3) is 0 Å². The van der Waals surface area contributed by atoms with E-state index in [2.05, 4.69) is 27.6 Å². The lowest BCUT2D eigenvalue weighted by Gasteiger charge is -2.14. The molecule has 1 N–H and O–H groups in total. The van der Waals surface area contributed by atoms with Crippen LogP contribution < -0.4 is 5.32 Å². The van der Waals surface area contributed by atoms with Crippen molar-refractivity contribution in [2.24, 2.45) is 0 Å². The van der Waals surface area contributed by atoms with Crippen LogP contribution in [0.5, 0.6) is 0 Å². The molecule has 0 radical (unpaired) electrons. The van der Waals surface area contributed by atoms with E-state index in [1.807, 2.05) is 49.6 Å². The van der Waals surface area contributed by atoms with Crippen molar-refractivity contribution in [3.8, 4) is 0 Å². The third-order valence-electron chi connectivity index (χ3n) is 4.19. The van der Waals surface area contributed by atoms with Gasteiger partial charge in [-0.1, -0.05) is 59.8 Å². The highest BCUT2D eigenvalue weighted by molar-refractivity contribution is 8.00. The lowest BCUT2D eigenvalue weighted by molar-refractivity contribution is -0.115. The third-order valence-corrected chi connectivity index (χ3v) is 5.51. The average Bonchev–Trinajstić information content (AvgIpc) is 2.99. The molecule has 2 aromatic carbocycles. The number of rotatable bonds is 6. The number of hydrogen-bond acceptors (Lipinski definition) is 4. The SMILES string of the molecule is Cc1ccc(Cl)cc1NC(=O)[C@@H](C)Sc1nnc(C)n1Cc1ccccc1. The minimum absolute atomic E-state index is 0.0997. The number of carbonyl (C=O) groups is 1. The second-order valence-electron chi connectivity index (χ2n) is 6.31. The molecule has 0 spiro atoms. The Labute approximate surface area is 168 Å². The largest absolute Gasteiger partial charge is 0.325 e. The van der Waals surface area contributed by atoms with Crippen molar-refractivity contribution in [1.82, 2.24) is 14.8 Å². The van der Waals surface area contributed by atoms with Crippen molar-refractivity contribution in [3.63, 3.8) is 0 Å². The summed E-state index contributed by atoms with van der Waals surface area (Å²) in [6.45, 7) is 6.38. The van der Waals surface area contributed by atoms with Crippen LogP contribution in [0.3, 0.4) is 0 Å². The maximum atomic E-state index is 12.6. The van der Waals surface area contributed by atoms with Crippen LogP contribution >= 0.6 is 23.4 Å². The Morgan fingerprint density at radius 1 is 1.19 bits per heavy atom. The molecule has 0 fully saturated rings. The highest BCUT2D eigenvalue weighted by atomic mass is 35.5. The van der Waals surface area contributed by atoms with Gasteiger partial charge in [0.05, 0.1) is 11.8 Å². The molecule has 27 heavy (non-hydrogen) atoms. The zero-order chi connectivity index (χ0) is 19.4. The van der Waals surface area contributed by atoms with Crippen molar-refractivity contribution >= 4 is 35.0 Å². The minimum Gasteiger partial charge on any atom is -0.325 e. The average molecular weight is 401 g/mol. The van der Waals surface area contributed by atoms with Crippen LogP contribution in [0.15, 0.2) is 53.7 Å². The fraction of sp³-hybridized carbons (Fsp3) is 0.250.